The number of hydrogen-bond donors (Lipinski definition) is 2. The quantitative estimate of drug-likeness (QED) is 0.592. The number of aromatic nitrogens is 4. The van der Waals surface area contributed by atoms with Crippen molar-refractivity contribution in [1.29, 1.82) is 0 Å². The van der Waals surface area contributed by atoms with E-state index in [1.165, 1.54) is 0 Å². The van der Waals surface area contributed by atoms with E-state index in [1.807, 2.05) is 43.1 Å². The first kappa shape index (κ1) is 14.6. The Kier molecular flexibility index (Phi) is 3.62. The molecule has 0 aliphatic heterocycles. The van der Waals surface area contributed by atoms with Gasteiger partial charge in [-0.15, -0.1) is 0 Å². The Balaban J connectivity index is 1.78. The molecular formula is C17H16N6S. The largest absolute Gasteiger partial charge is 0.378 e. The summed E-state index contributed by atoms with van der Waals surface area (Å²) in [4.78, 5) is 11.3. The van der Waals surface area contributed by atoms with E-state index in [2.05, 4.69) is 42.5 Å². The van der Waals surface area contributed by atoms with Crippen molar-refractivity contribution < 1.29 is 0 Å². The van der Waals surface area contributed by atoms with Crippen LogP contribution in [0.1, 0.15) is 0 Å². The number of aromatic amines is 1. The highest BCUT2D eigenvalue weighted by Crippen LogP contribution is 2.28. The molecule has 0 atom stereocenters. The number of nitrogens with zero attached hydrogens (tertiary/aromatic N) is 4. The third-order valence-electron chi connectivity index (χ3n) is 3.70. The van der Waals surface area contributed by atoms with Crippen LogP contribution in [0.2, 0.25) is 0 Å². The van der Waals surface area contributed by atoms with E-state index < -0.39 is 0 Å². The molecule has 0 spiro atoms. The highest BCUT2D eigenvalue weighted by Gasteiger charge is 2.12. The lowest BCUT2D eigenvalue weighted by molar-refractivity contribution is 1.11. The molecule has 7 heteroatoms. The molecule has 3 heterocycles. The van der Waals surface area contributed by atoms with Crippen molar-refractivity contribution in [3.63, 3.8) is 0 Å². The topological polar surface area (TPSA) is 69.7 Å². The molecule has 6 nitrogen and oxygen atoms in total. The zero-order valence-corrected chi connectivity index (χ0v) is 14.1. The van der Waals surface area contributed by atoms with Crippen LogP contribution in [0, 0.1) is 0 Å². The fourth-order valence-corrected chi connectivity index (χ4v) is 3.08. The number of anilines is 3. The Morgan fingerprint density at radius 1 is 1.17 bits per heavy atom. The molecule has 4 rings (SSSR count). The first-order valence-corrected chi connectivity index (χ1v) is 8.43. The lowest BCUT2D eigenvalue weighted by Crippen LogP contribution is -2.08. The number of hydrogen-bond acceptors (Lipinski definition) is 6. The maximum atomic E-state index is 4.68. The second-order valence-corrected chi connectivity index (χ2v) is 6.39. The summed E-state index contributed by atoms with van der Waals surface area (Å²) in [6, 6.07) is 10.2. The fraction of sp³-hybridized carbons (Fsp3) is 0.118. The fourth-order valence-electron chi connectivity index (χ4n) is 2.45. The minimum absolute atomic E-state index is 0.691. The standard InChI is InChI=1S/C17H16N6S/c1-23(2)13-5-3-4-12(8-13)19-17-15-14(9-18-22-15)20-16(21-17)11-6-7-24-10-11/h3-10H,1-2H3,(H,18,22)(H,19,20,21). The smallest absolute Gasteiger partial charge is 0.163 e. The van der Waals surface area contributed by atoms with Gasteiger partial charge in [0.2, 0.25) is 0 Å². The summed E-state index contributed by atoms with van der Waals surface area (Å²) >= 11 is 1.63. The lowest BCUT2D eigenvalue weighted by Gasteiger charge is -2.14. The highest BCUT2D eigenvalue weighted by molar-refractivity contribution is 7.08. The third kappa shape index (κ3) is 2.69. The molecule has 0 bridgehead atoms. The minimum Gasteiger partial charge on any atom is -0.378 e. The van der Waals surface area contributed by atoms with Crippen LogP contribution in [0.25, 0.3) is 22.4 Å². The third-order valence-corrected chi connectivity index (χ3v) is 4.39. The average Bonchev–Trinajstić information content (AvgIpc) is 3.26. The summed E-state index contributed by atoms with van der Waals surface area (Å²) < 4.78 is 0. The van der Waals surface area contributed by atoms with Gasteiger partial charge < -0.3 is 10.2 Å². The van der Waals surface area contributed by atoms with Crippen molar-refractivity contribution in [2.24, 2.45) is 0 Å². The number of rotatable bonds is 4. The highest BCUT2D eigenvalue weighted by atomic mass is 32.1. The summed E-state index contributed by atoms with van der Waals surface area (Å²) in [6.45, 7) is 0. The molecule has 24 heavy (non-hydrogen) atoms. The van der Waals surface area contributed by atoms with Crippen LogP contribution in [0.4, 0.5) is 17.2 Å². The Bertz CT molecular complexity index is 974. The van der Waals surface area contributed by atoms with Gasteiger partial charge >= 0.3 is 0 Å². The Labute approximate surface area is 143 Å². The summed E-state index contributed by atoms with van der Waals surface area (Å²) in [5.74, 6) is 1.41. The molecule has 0 aliphatic rings. The molecule has 0 saturated heterocycles. The van der Waals surface area contributed by atoms with Crippen LogP contribution < -0.4 is 10.2 Å². The minimum atomic E-state index is 0.691. The van der Waals surface area contributed by atoms with E-state index in [-0.39, 0.29) is 0 Å². The first-order valence-electron chi connectivity index (χ1n) is 7.49. The average molecular weight is 336 g/mol. The molecule has 3 aromatic heterocycles. The monoisotopic (exact) mass is 336 g/mol. The molecule has 4 aromatic rings. The zero-order chi connectivity index (χ0) is 16.5. The van der Waals surface area contributed by atoms with Crippen LogP contribution >= 0.6 is 11.3 Å². The maximum Gasteiger partial charge on any atom is 0.163 e. The molecule has 0 unspecified atom stereocenters. The second kappa shape index (κ2) is 5.93. The van der Waals surface area contributed by atoms with Crippen molar-refractivity contribution in [3.8, 4) is 11.4 Å². The molecule has 0 radical (unpaired) electrons. The van der Waals surface area contributed by atoms with E-state index in [0.717, 1.165) is 33.8 Å². The van der Waals surface area contributed by atoms with Gasteiger partial charge in [-0.05, 0) is 29.6 Å². The normalized spacial score (nSPS) is 10.9. The summed E-state index contributed by atoms with van der Waals surface area (Å²) in [6.07, 6.45) is 1.72. The predicted octanol–water partition coefficient (Wildman–Crippen LogP) is 3.89. The van der Waals surface area contributed by atoms with Gasteiger partial charge in [-0.1, -0.05) is 6.07 Å². The van der Waals surface area contributed by atoms with E-state index >= 15 is 0 Å². The molecule has 0 saturated carbocycles. The van der Waals surface area contributed by atoms with E-state index in [1.54, 1.807) is 17.5 Å². The predicted molar refractivity (Wildman–Crippen MR) is 99.0 cm³/mol. The van der Waals surface area contributed by atoms with Crippen molar-refractivity contribution in [3.05, 3.63) is 47.3 Å². The maximum absolute atomic E-state index is 4.68. The molecule has 2 N–H and O–H groups in total. The van der Waals surface area contributed by atoms with E-state index in [4.69, 9.17) is 0 Å². The van der Waals surface area contributed by atoms with Crippen LogP contribution in [0.5, 0.6) is 0 Å². The second-order valence-electron chi connectivity index (χ2n) is 5.61. The Morgan fingerprint density at radius 2 is 2.08 bits per heavy atom. The molecule has 0 fully saturated rings. The molecule has 0 aliphatic carbocycles. The van der Waals surface area contributed by atoms with Crippen LogP contribution in [-0.2, 0) is 0 Å². The number of nitrogens with one attached hydrogen (secondary N) is 2. The molecule has 120 valence electrons. The zero-order valence-electron chi connectivity index (χ0n) is 13.3. The Hall–Kier alpha value is -2.93. The molecular weight excluding hydrogens is 320 g/mol. The van der Waals surface area contributed by atoms with Gasteiger partial charge in [0.1, 0.15) is 11.0 Å². The van der Waals surface area contributed by atoms with Crippen LogP contribution in [-0.4, -0.2) is 34.3 Å². The van der Waals surface area contributed by atoms with Gasteiger partial charge in [0.25, 0.3) is 0 Å². The molecule has 1 aromatic carbocycles. The van der Waals surface area contributed by atoms with Crippen molar-refractivity contribution >= 4 is 39.6 Å². The van der Waals surface area contributed by atoms with Gasteiger partial charge in [0.15, 0.2) is 11.6 Å². The van der Waals surface area contributed by atoms with Crippen LogP contribution in [0.15, 0.2) is 47.3 Å². The number of thiophene rings is 1. The summed E-state index contributed by atoms with van der Waals surface area (Å²) in [5.41, 5.74) is 4.68. The van der Waals surface area contributed by atoms with Crippen molar-refractivity contribution in [2.45, 2.75) is 0 Å². The SMILES string of the molecule is CN(C)c1cccc(Nc2nc(-c3ccsc3)nc3cn[nH]c23)c1. The van der Waals surface area contributed by atoms with Crippen molar-refractivity contribution in [1.82, 2.24) is 20.2 Å². The lowest BCUT2D eigenvalue weighted by atomic mass is 10.2. The first-order chi connectivity index (χ1) is 11.7. The van der Waals surface area contributed by atoms with E-state index in [0.29, 0.717) is 5.82 Å². The van der Waals surface area contributed by atoms with Gasteiger partial charge in [-0.3, -0.25) is 5.10 Å². The summed E-state index contributed by atoms with van der Waals surface area (Å²) in [7, 11) is 4.04. The van der Waals surface area contributed by atoms with Gasteiger partial charge in [0.05, 0.1) is 6.20 Å². The van der Waals surface area contributed by atoms with Gasteiger partial charge in [0, 0.05) is 36.4 Å². The van der Waals surface area contributed by atoms with Crippen molar-refractivity contribution in [2.75, 3.05) is 24.3 Å². The van der Waals surface area contributed by atoms with Gasteiger partial charge in [-0.2, -0.15) is 16.4 Å². The number of benzene rings is 1. The number of fused-ring (bicyclic) bond motifs is 1. The number of H-pyrrole nitrogens is 1. The Morgan fingerprint density at radius 3 is 2.88 bits per heavy atom. The van der Waals surface area contributed by atoms with Crippen LogP contribution in [0.3, 0.4) is 0 Å². The molecule has 0 amide bonds. The summed E-state index contributed by atoms with van der Waals surface area (Å²) in [5, 5.41) is 14.5. The van der Waals surface area contributed by atoms with Gasteiger partial charge in [-0.25, -0.2) is 9.97 Å². The van der Waals surface area contributed by atoms with E-state index in [9.17, 15) is 0 Å².